The molecule has 1 aromatic heterocycles. The number of halogens is 2. The molecular weight excluding hydrogens is 334 g/mol. The monoisotopic (exact) mass is 348 g/mol. The third kappa shape index (κ3) is 4.73. The lowest BCUT2D eigenvalue weighted by atomic mass is 10.1. The van der Waals surface area contributed by atoms with E-state index < -0.39 is 23.6 Å². The number of hydrogen-bond acceptors (Lipinski definition) is 5. The minimum absolute atomic E-state index is 0.0239. The number of carbonyl (C=O) groups is 1. The average molecular weight is 348 g/mol. The molecule has 1 amide bonds. The second kappa shape index (κ2) is 7.84. The molecule has 1 atom stereocenters. The molecular formula is C16H14F2N4OS. The Kier molecular flexibility index (Phi) is 5.82. The number of aromatic nitrogens is 2. The highest BCUT2D eigenvalue weighted by Crippen LogP contribution is 2.19. The molecule has 5 nitrogen and oxygen atoms in total. The van der Waals surface area contributed by atoms with Gasteiger partial charge >= 0.3 is 0 Å². The summed E-state index contributed by atoms with van der Waals surface area (Å²) in [6.45, 7) is 3.64. The quantitative estimate of drug-likeness (QED) is 0.664. The lowest BCUT2D eigenvalue weighted by molar-refractivity contribution is -0.118. The van der Waals surface area contributed by atoms with E-state index in [9.17, 15) is 13.6 Å². The van der Waals surface area contributed by atoms with Crippen LogP contribution >= 0.6 is 11.8 Å². The van der Waals surface area contributed by atoms with Crippen LogP contribution < -0.4 is 5.32 Å². The van der Waals surface area contributed by atoms with Gasteiger partial charge in [0.05, 0.1) is 11.8 Å². The van der Waals surface area contributed by atoms with Crippen LogP contribution in [0.1, 0.15) is 23.0 Å². The van der Waals surface area contributed by atoms with E-state index in [1.807, 2.05) is 19.9 Å². The van der Waals surface area contributed by atoms with Crippen molar-refractivity contribution in [2.75, 3.05) is 5.75 Å². The van der Waals surface area contributed by atoms with Gasteiger partial charge in [0, 0.05) is 23.0 Å². The number of thioether (sulfide) groups is 1. The number of nitrogens with one attached hydrogen (secondary N) is 1. The summed E-state index contributed by atoms with van der Waals surface area (Å²) in [5.41, 5.74) is 1.49. The van der Waals surface area contributed by atoms with Crippen LogP contribution in [0.4, 0.5) is 8.78 Å². The second-order valence-corrected chi connectivity index (χ2v) is 5.96. The Morgan fingerprint density at radius 2 is 1.96 bits per heavy atom. The summed E-state index contributed by atoms with van der Waals surface area (Å²) in [5.74, 6) is -2.13. The number of amides is 1. The summed E-state index contributed by atoms with van der Waals surface area (Å²) in [7, 11) is 0. The first-order chi connectivity index (χ1) is 11.4. The number of nitrogens with zero attached hydrogens (tertiary/aromatic N) is 3. The Hall–Kier alpha value is -2.53. The third-order valence-corrected chi connectivity index (χ3v) is 3.85. The van der Waals surface area contributed by atoms with Crippen LogP contribution in [0.3, 0.4) is 0 Å². The Bertz CT molecular complexity index is 787. The molecule has 0 aliphatic carbocycles. The molecule has 0 radical (unpaired) electrons. The van der Waals surface area contributed by atoms with Gasteiger partial charge in [0.2, 0.25) is 5.91 Å². The lowest BCUT2D eigenvalue weighted by Gasteiger charge is -2.12. The molecule has 2 rings (SSSR count). The highest BCUT2D eigenvalue weighted by Gasteiger charge is 2.18. The number of nitriles is 1. The van der Waals surface area contributed by atoms with Gasteiger partial charge in [0.25, 0.3) is 0 Å². The normalized spacial score (nSPS) is 11.6. The minimum atomic E-state index is -1.20. The third-order valence-electron chi connectivity index (χ3n) is 3.00. The van der Waals surface area contributed by atoms with Crippen LogP contribution in [0.25, 0.3) is 0 Å². The number of rotatable bonds is 5. The van der Waals surface area contributed by atoms with E-state index in [4.69, 9.17) is 5.26 Å². The highest BCUT2D eigenvalue weighted by atomic mass is 32.2. The van der Waals surface area contributed by atoms with Crippen LogP contribution in [0, 0.1) is 36.8 Å². The summed E-state index contributed by atoms with van der Waals surface area (Å²) in [4.78, 5) is 20.4. The van der Waals surface area contributed by atoms with Gasteiger partial charge in [0.15, 0.2) is 5.16 Å². The topological polar surface area (TPSA) is 78.7 Å². The molecule has 0 saturated carbocycles. The van der Waals surface area contributed by atoms with Crippen LogP contribution in [-0.4, -0.2) is 21.6 Å². The smallest absolute Gasteiger partial charge is 0.231 e. The first-order valence-corrected chi connectivity index (χ1v) is 7.96. The van der Waals surface area contributed by atoms with Gasteiger partial charge in [-0.3, -0.25) is 4.79 Å². The summed E-state index contributed by atoms with van der Waals surface area (Å²) >= 11 is 1.11. The molecule has 0 fully saturated rings. The summed E-state index contributed by atoms with van der Waals surface area (Å²) in [6.07, 6.45) is 0. The molecule has 1 N–H and O–H groups in total. The maximum Gasteiger partial charge on any atom is 0.231 e. The van der Waals surface area contributed by atoms with Gasteiger partial charge in [-0.2, -0.15) is 5.26 Å². The fraction of sp³-hybridized carbons (Fsp3) is 0.250. The van der Waals surface area contributed by atoms with Crippen molar-refractivity contribution >= 4 is 17.7 Å². The fourth-order valence-corrected chi connectivity index (χ4v) is 2.77. The van der Waals surface area contributed by atoms with Gasteiger partial charge in [-0.25, -0.2) is 18.7 Å². The molecule has 8 heteroatoms. The van der Waals surface area contributed by atoms with Gasteiger partial charge in [-0.1, -0.05) is 17.8 Å². The first kappa shape index (κ1) is 17.8. The van der Waals surface area contributed by atoms with Gasteiger partial charge in [-0.15, -0.1) is 0 Å². The first-order valence-electron chi connectivity index (χ1n) is 6.98. The second-order valence-electron chi connectivity index (χ2n) is 5.02. The molecule has 2 aromatic rings. The van der Waals surface area contributed by atoms with Crippen molar-refractivity contribution in [3.8, 4) is 6.07 Å². The lowest BCUT2D eigenvalue weighted by Crippen LogP contribution is -2.29. The summed E-state index contributed by atoms with van der Waals surface area (Å²) in [6, 6.07) is 5.25. The molecule has 0 aliphatic heterocycles. The zero-order valence-corrected chi connectivity index (χ0v) is 13.8. The van der Waals surface area contributed by atoms with Gasteiger partial charge in [-0.05, 0) is 26.0 Å². The summed E-state index contributed by atoms with van der Waals surface area (Å²) in [5, 5.41) is 12.0. The van der Waals surface area contributed by atoms with Crippen molar-refractivity contribution in [2.45, 2.75) is 25.0 Å². The molecule has 0 spiro atoms. The maximum absolute atomic E-state index is 13.7. The van der Waals surface area contributed by atoms with E-state index in [-0.39, 0.29) is 11.3 Å². The minimum Gasteiger partial charge on any atom is -0.336 e. The van der Waals surface area contributed by atoms with Gasteiger partial charge in [0.1, 0.15) is 17.7 Å². The van der Waals surface area contributed by atoms with E-state index in [0.717, 1.165) is 35.3 Å². The van der Waals surface area contributed by atoms with Crippen molar-refractivity contribution in [2.24, 2.45) is 0 Å². The van der Waals surface area contributed by atoms with Crippen LogP contribution in [0.15, 0.2) is 29.4 Å². The standard InChI is InChI=1S/C16H14F2N4OS/c1-9-5-10(2)21-16(20-9)24-8-15(23)22-14(7-19)12-4-3-11(17)6-13(12)18/h3-6,14H,8H2,1-2H3,(H,22,23)/t14-/m0/s1. The molecule has 24 heavy (non-hydrogen) atoms. The molecule has 0 bridgehead atoms. The Balaban J connectivity index is 2.01. The Morgan fingerprint density at radius 3 is 2.54 bits per heavy atom. The van der Waals surface area contributed by atoms with E-state index >= 15 is 0 Å². The molecule has 0 unspecified atom stereocenters. The van der Waals surface area contributed by atoms with Crippen LogP contribution in [0.2, 0.25) is 0 Å². The predicted octanol–water partition coefficient (Wildman–Crippen LogP) is 2.84. The van der Waals surface area contributed by atoms with Crippen molar-refractivity contribution in [3.63, 3.8) is 0 Å². The molecule has 0 saturated heterocycles. The van der Waals surface area contributed by atoms with E-state index in [0.29, 0.717) is 11.2 Å². The van der Waals surface area contributed by atoms with Gasteiger partial charge < -0.3 is 5.32 Å². The average Bonchev–Trinajstić information content (AvgIpc) is 2.50. The number of hydrogen-bond donors (Lipinski definition) is 1. The van der Waals surface area contributed by atoms with E-state index in [2.05, 4.69) is 15.3 Å². The number of aryl methyl sites for hydroxylation is 2. The Morgan fingerprint density at radius 1 is 1.29 bits per heavy atom. The van der Waals surface area contributed by atoms with Crippen molar-refractivity contribution in [3.05, 3.63) is 52.9 Å². The predicted molar refractivity (Wildman–Crippen MR) is 85.1 cm³/mol. The number of benzene rings is 1. The van der Waals surface area contributed by atoms with E-state index in [1.165, 1.54) is 0 Å². The Labute approximate surface area is 142 Å². The molecule has 1 heterocycles. The SMILES string of the molecule is Cc1cc(C)nc(SCC(=O)N[C@@H](C#N)c2ccc(F)cc2F)n1. The summed E-state index contributed by atoms with van der Waals surface area (Å²) < 4.78 is 26.6. The van der Waals surface area contributed by atoms with Crippen molar-refractivity contribution in [1.29, 1.82) is 5.26 Å². The van der Waals surface area contributed by atoms with Crippen LogP contribution in [0.5, 0.6) is 0 Å². The van der Waals surface area contributed by atoms with Crippen molar-refractivity contribution < 1.29 is 13.6 Å². The largest absolute Gasteiger partial charge is 0.336 e. The molecule has 0 aliphatic rings. The van der Waals surface area contributed by atoms with Crippen molar-refractivity contribution in [1.82, 2.24) is 15.3 Å². The molecule has 1 aromatic carbocycles. The fourth-order valence-electron chi connectivity index (χ4n) is 2.01. The zero-order chi connectivity index (χ0) is 17.7. The van der Waals surface area contributed by atoms with E-state index in [1.54, 1.807) is 6.07 Å². The van der Waals surface area contributed by atoms with Crippen LogP contribution in [-0.2, 0) is 4.79 Å². The molecule has 124 valence electrons. The number of carbonyl (C=O) groups excluding carboxylic acids is 1. The maximum atomic E-state index is 13.7. The highest BCUT2D eigenvalue weighted by molar-refractivity contribution is 7.99. The zero-order valence-electron chi connectivity index (χ0n) is 13.0.